The number of hydrogen-bond donors (Lipinski definition) is 0. The largest absolute Gasteiger partial charge is 0.370 e. The second-order valence-corrected chi connectivity index (χ2v) is 6.95. The first-order valence-electron chi connectivity index (χ1n) is 7.22. The van der Waals surface area contributed by atoms with Crippen LogP contribution in [0, 0.1) is 19.7 Å². The van der Waals surface area contributed by atoms with Crippen LogP contribution >= 0.6 is 8.15 Å². The number of hydrogen-bond acceptors (Lipinski definition) is 2. The highest BCUT2D eigenvalue weighted by atomic mass is 31.1. The highest BCUT2D eigenvalue weighted by molar-refractivity contribution is 7.51. The Kier molecular flexibility index (Phi) is 8.28. The van der Waals surface area contributed by atoms with Crippen molar-refractivity contribution in [3.63, 3.8) is 0 Å². The first kappa shape index (κ1) is 17.6. The molecule has 0 saturated carbocycles. The molecule has 0 heterocycles. The van der Waals surface area contributed by atoms with E-state index in [2.05, 4.69) is 13.6 Å². The van der Waals surface area contributed by atoms with Crippen molar-refractivity contribution in [1.82, 2.24) is 0 Å². The zero-order chi connectivity index (χ0) is 15.0. The molecule has 2 nitrogen and oxygen atoms in total. The van der Waals surface area contributed by atoms with Crippen LogP contribution < -0.4 is 0 Å². The molecule has 1 aromatic carbocycles. The van der Waals surface area contributed by atoms with Gasteiger partial charge in [-0.05, 0) is 49.7 Å². The molecule has 0 N–H and O–H groups in total. The number of unbranched alkanes of at least 4 members (excludes halogenated alkanes) is 2. The maximum Gasteiger partial charge on any atom is 0.126 e. The normalized spacial score (nSPS) is 12.7. The molecule has 0 aliphatic heterocycles. The van der Waals surface area contributed by atoms with Crippen molar-refractivity contribution in [1.29, 1.82) is 0 Å². The Hall–Kier alpha value is -0.500. The van der Waals surface area contributed by atoms with Crippen molar-refractivity contribution in [3.05, 3.63) is 34.6 Å². The Morgan fingerprint density at radius 1 is 1.15 bits per heavy atom. The number of benzene rings is 1. The minimum atomic E-state index is -0.513. The van der Waals surface area contributed by atoms with Gasteiger partial charge in [0.15, 0.2) is 0 Å². The van der Waals surface area contributed by atoms with E-state index in [1.54, 1.807) is 13.0 Å². The summed E-state index contributed by atoms with van der Waals surface area (Å²) in [4.78, 5) is 0. The van der Waals surface area contributed by atoms with E-state index in [0.29, 0.717) is 18.5 Å². The molecule has 4 heteroatoms. The van der Waals surface area contributed by atoms with E-state index in [-0.39, 0.29) is 5.82 Å². The SMILES string of the molecule is CCCCCOP(C)COCc1cc(C)c(F)cc1C. The van der Waals surface area contributed by atoms with Gasteiger partial charge in [0.05, 0.1) is 27.7 Å². The van der Waals surface area contributed by atoms with Gasteiger partial charge in [-0.15, -0.1) is 0 Å². The van der Waals surface area contributed by atoms with Crippen molar-refractivity contribution in [2.24, 2.45) is 0 Å². The van der Waals surface area contributed by atoms with Crippen LogP contribution in [0.25, 0.3) is 0 Å². The fourth-order valence-corrected chi connectivity index (χ4v) is 2.75. The standard InChI is InChI=1S/C16H26FO2P/c1-5-6-7-8-19-20(4)12-18-11-15-9-14(3)16(17)10-13(15)2/h9-10H,5-8,11-12H2,1-4H3. The molecule has 1 unspecified atom stereocenters. The molecule has 20 heavy (non-hydrogen) atoms. The van der Waals surface area contributed by atoms with Crippen LogP contribution in [0.3, 0.4) is 0 Å². The van der Waals surface area contributed by atoms with E-state index in [9.17, 15) is 4.39 Å². The molecule has 114 valence electrons. The Morgan fingerprint density at radius 2 is 1.90 bits per heavy atom. The molecule has 0 spiro atoms. The third kappa shape index (κ3) is 6.30. The summed E-state index contributed by atoms with van der Waals surface area (Å²) in [6.07, 6.45) is 4.19. The Morgan fingerprint density at radius 3 is 2.60 bits per heavy atom. The molecular formula is C16H26FO2P. The molecule has 0 saturated heterocycles. The Bertz CT molecular complexity index is 410. The van der Waals surface area contributed by atoms with Crippen molar-refractivity contribution in [2.75, 3.05) is 19.6 Å². The molecule has 0 aliphatic rings. The molecule has 1 atom stereocenters. The summed E-state index contributed by atoms with van der Waals surface area (Å²) < 4.78 is 24.8. The Balaban J connectivity index is 2.28. The van der Waals surface area contributed by atoms with Crippen molar-refractivity contribution >= 4 is 8.15 Å². The minimum Gasteiger partial charge on any atom is -0.370 e. The van der Waals surface area contributed by atoms with Gasteiger partial charge in [-0.25, -0.2) is 4.39 Å². The van der Waals surface area contributed by atoms with E-state index in [1.807, 2.05) is 13.0 Å². The predicted molar refractivity (Wildman–Crippen MR) is 83.9 cm³/mol. The maximum atomic E-state index is 13.4. The van der Waals surface area contributed by atoms with Gasteiger partial charge in [0, 0.05) is 0 Å². The number of halogens is 1. The highest BCUT2D eigenvalue weighted by Crippen LogP contribution is 2.32. The monoisotopic (exact) mass is 300 g/mol. The maximum absolute atomic E-state index is 13.4. The number of rotatable bonds is 9. The molecule has 0 fully saturated rings. The van der Waals surface area contributed by atoms with E-state index in [4.69, 9.17) is 9.26 Å². The molecule has 0 bridgehead atoms. The summed E-state index contributed by atoms with van der Waals surface area (Å²) in [5.41, 5.74) is 2.67. The second kappa shape index (κ2) is 9.44. The fraction of sp³-hybridized carbons (Fsp3) is 0.625. The van der Waals surface area contributed by atoms with Crippen molar-refractivity contribution < 1.29 is 13.7 Å². The van der Waals surface area contributed by atoms with Crippen LogP contribution in [0.2, 0.25) is 0 Å². The smallest absolute Gasteiger partial charge is 0.126 e. The van der Waals surface area contributed by atoms with Crippen LogP contribution in [-0.2, 0) is 15.9 Å². The van der Waals surface area contributed by atoms with Crippen LogP contribution in [-0.4, -0.2) is 19.6 Å². The van der Waals surface area contributed by atoms with Crippen molar-refractivity contribution in [2.45, 2.75) is 46.6 Å². The lowest BCUT2D eigenvalue weighted by atomic mass is 10.1. The lowest BCUT2D eigenvalue weighted by Crippen LogP contribution is -2.00. The van der Waals surface area contributed by atoms with Crippen LogP contribution in [0.15, 0.2) is 12.1 Å². The van der Waals surface area contributed by atoms with E-state index < -0.39 is 8.15 Å². The molecule has 0 radical (unpaired) electrons. The topological polar surface area (TPSA) is 18.5 Å². The fourth-order valence-electron chi connectivity index (χ4n) is 1.89. The predicted octanol–water partition coefficient (Wildman–Crippen LogP) is 5.15. The van der Waals surface area contributed by atoms with Gasteiger partial charge in [0.25, 0.3) is 0 Å². The molecular weight excluding hydrogens is 274 g/mol. The first-order chi connectivity index (χ1) is 9.54. The zero-order valence-corrected chi connectivity index (χ0v) is 13.9. The molecule has 1 aromatic rings. The second-order valence-electron chi connectivity index (χ2n) is 5.17. The molecule has 1 rings (SSSR count). The summed E-state index contributed by atoms with van der Waals surface area (Å²) in [6.45, 7) is 9.32. The zero-order valence-electron chi connectivity index (χ0n) is 13.0. The highest BCUT2D eigenvalue weighted by Gasteiger charge is 2.06. The Labute approximate surface area is 123 Å². The summed E-state index contributed by atoms with van der Waals surface area (Å²) >= 11 is 0. The van der Waals surface area contributed by atoms with Crippen LogP contribution in [0.4, 0.5) is 4.39 Å². The van der Waals surface area contributed by atoms with Gasteiger partial charge in [-0.2, -0.15) is 0 Å². The van der Waals surface area contributed by atoms with Gasteiger partial charge in [-0.1, -0.05) is 25.8 Å². The van der Waals surface area contributed by atoms with E-state index >= 15 is 0 Å². The molecule has 0 amide bonds. The molecule has 0 aliphatic carbocycles. The number of ether oxygens (including phenoxy) is 1. The van der Waals surface area contributed by atoms with Gasteiger partial charge in [-0.3, -0.25) is 0 Å². The first-order valence-corrected chi connectivity index (χ1v) is 9.11. The summed E-state index contributed by atoms with van der Waals surface area (Å²) in [7, 11) is -0.513. The third-order valence-electron chi connectivity index (χ3n) is 3.21. The van der Waals surface area contributed by atoms with Gasteiger partial charge >= 0.3 is 0 Å². The summed E-state index contributed by atoms with van der Waals surface area (Å²) in [5.74, 6) is -0.150. The van der Waals surface area contributed by atoms with E-state index in [1.165, 1.54) is 12.8 Å². The lowest BCUT2D eigenvalue weighted by Gasteiger charge is -2.14. The van der Waals surface area contributed by atoms with Crippen LogP contribution in [0.1, 0.15) is 42.9 Å². The number of aryl methyl sites for hydroxylation is 2. The van der Waals surface area contributed by atoms with Crippen LogP contribution in [0.5, 0.6) is 0 Å². The minimum absolute atomic E-state index is 0.150. The quantitative estimate of drug-likeness (QED) is 0.464. The molecule has 0 aromatic heterocycles. The van der Waals surface area contributed by atoms with Crippen molar-refractivity contribution in [3.8, 4) is 0 Å². The average Bonchev–Trinajstić information content (AvgIpc) is 2.40. The lowest BCUT2D eigenvalue weighted by molar-refractivity contribution is 0.156. The summed E-state index contributed by atoms with van der Waals surface area (Å²) in [6, 6.07) is 3.44. The van der Waals surface area contributed by atoms with Gasteiger partial charge < -0.3 is 9.26 Å². The summed E-state index contributed by atoms with van der Waals surface area (Å²) in [5, 5.41) is 0. The van der Waals surface area contributed by atoms with E-state index in [0.717, 1.165) is 24.2 Å². The van der Waals surface area contributed by atoms with Gasteiger partial charge in [0.1, 0.15) is 5.82 Å². The third-order valence-corrected chi connectivity index (χ3v) is 4.38. The average molecular weight is 300 g/mol. The van der Waals surface area contributed by atoms with Gasteiger partial charge in [0.2, 0.25) is 0 Å².